The summed E-state index contributed by atoms with van der Waals surface area (Å²) in [4.78, 5) is 36.9. The van der Waals surface area contributed by atoms with Crippen molar-refractivity contribution in [2.75, 3.05) is 19.5 Å². The van der Waals surface area contributed by atoms with Gasteiger partial charge in [-0.05, 0) is 50.1 Å². The number of hydrogen-bond donors (Lipinski definition) is 1. The van der Waals surface area contributed by atoms with Crippen LogP contribution in [0.2, 0.25) is 5.02 Å². The Kier molecular flexibility index (Phi) is 7.04. The highest BCUT2D eigenvalue weighted by molar-refractivity contribution is 7.18. The van der Waals surface area contributed by atoms with Crippen LogP contribution in [0.4, 0.5) is 5.00 Å². The lowest BCUT2D eigenvalue weighted by Gasteiger charge is -2.16. The molecule has 0 aliphatic carbocycles. The SMILES string of the molecule is COC(=O)c1sc(NC(=O)[C@@H](C)Oc2ccc(Cl)cc2C)c(C(=O)OC)c1C. The van der Waals surface area contributed by atoms with Gasteiger partial charge in [0, 0.05) is 5.02 Å². The molecular weight excluding hydrogens is 406 g/mol. The van der Waals surface area contributed by atoms with Gasteiger partial charge in [0.05, 0.1) is 19.8 Å². The predicted molar refractivity (Wildman–Crippen MR) is 107 cm³/mol. The smallest absolute Gasteiger partial charge is 0.348 e. The summed E-state index contributed by atoms with van der Waals surface area (Å²) in [5.41, 5.74) is 1.26. The van der Waals surface area contributed by atoms with E-state index in [4.69, 9.17) is 25.8 Å². The number of rotatable bonds is 6. The molecule has 1 aromatic carbocycles. The van der Waals surface area contributed by atoms with Crippen molar-refractivity contribution in [3.63, 3.8) is 0 Å². The molecule has 0 radical (unpaired) electrons. The third kappa shape index (κ3) is 4.63. The standard InChI is InChI=1S/C19H20ClNO6S/c1-9-8-12(20)6-7-13(9)27-11(3)16(22)21-17-14(18(23)25-4)10(2)15(28-17)19(24)26-5/h6-8,11H,1-5H3,(H,21,22)/t11-/m1/s1. The lowest BCUT2D eigenvalue weighted by atomic mass is 10.1. The Balaban J connectivity index is 2.26. The summed E-state index contributed by atoms with van der Waals surface area (Å²) in [7, 11) is 2.46. The Morgan fingerprint density at radius 2 is 1.75 bits per heavy atom. The van der Waals surface area contributed by atoms with E-state index in [2.05, 4.69) is 5.32 Å². The molecule has 7 nitrogen and oxygen atoms in total. The molecule has 9 heteroatoms. The zero-order valence-corrected chi connectivity index (χ0v) is 17.6. The molecule has 1 amide bonds. The molecule has 1 atom stereocenters. The van der Waals surface area contributed by atoms with Crippen molar-refractivity contribution in [2.24, 2.45) is 0 Å². The predicted octanol–water partition coefficient (Wildman–Crippen LogP) is 4.00. The van der Waals surface area contributed by atoms with Gasteiger partial charge in [-0.15, -0.1) is 11.3 Å². The minimum Gasteiger partial charge on any atom is -0.481 e. The van der Waals surface area contributed by atoms with Gasteiger partial charge in [-0.25, -0.2) is 9.59 Å². The molecule has 0 fully saturated rings. The fourth-order valence-corrected chi connectivity index (χ4v) is 3.78. The third-order valence-electron chi connectivity index (χ3n) is 3.95. The van der Waals surface area contributed by atoms with Crippen LogP contribution in [0, 0.1) is 13.8 Å². The van der Waals surface area contributed by atoms with Crippen LogP contribution in [-0.2, 0) is 14.3 Å². The number of benzene rings is 1. The van der Waals surface area contributed by atoms with Crippen molar-refractivity contribution >= 4 is 45.8 Å². The summed E-state index contributed by atoms with van der Waals surface area (Å²) < 4.78 is 15.2. The molecule has 0 bridgehead atoms. The van der Waals surface area contributed by atoms with Gasteiger partial charge < -0.3 is 19.5 Å². The summed E-state index contributed by atoms with van der Waals surface area (Å²) in [5, 5.41) is 3.39. The lowest BCUT2D eigenvalue weighted by Crippen LogP contribution is -2.30. The quantitative estimate of drug-likeness (QED) is 0.703. The molecule has 0 aliphatic heterocycles. The van der Waals surface area contributed by atoms with Crippen LogP contribution in [-0.4, -0.2) is 38.2 Å². The number of carbonyl (C=O) groups excluding carboxylic acids is 3. The molecule has 28 heavy (non-hydrogen) atoms. The first-order valence-corrected chi connectivity index (χ1v) is 9.42. The van der Waals surface area contributed by atoms with E-state index in [1.165, 1.54) is 14.2 Å². The van der Waals surface area contributed by atoms with E-state index in [1.54, 1.807) is 32.0 Å². The van der Waals surface area contributed by atoms with Crippen molar-refractivity contribution in [3.8, 4) is 5.75 Å². The lowest BCUT2D eigenvalue weighted by molar-refractivity contribution is -0.122. The highest BCUT2D eigenvalue weighted by atomic mass is 35.5. The summed E-state index contributed by atoms with van der Waals surface area (Å²) in [6.07, 6.45) is -0.866. The van der Waals surface area contributed by atoms with Gasteiger partial charge in [0.25, 0.3) is 5.91 Å². The number of amides is 1. The van der Waals surface area contributed by atoms with Gasteiger partial charge in [-0.1, -0.05) is 11.6 Å². The molecule has 0 unspecified atom stereocenters. The van der Waals surface area contributed by atoms with Gasteiger partial charge in [-0.3, -0.25) is 4.79 Å². The minimum atomic E-state index is -0.866. The molecule has 1 heterocycles. The molecule has 2 rings (SSSR count). The Hall–Kier alpha value is -2.58. The van der Waals surface area contributed by atoms with Crippen molar-refractivity contribution < 1.29 is 28.6 Å². The first kappa shape index (κ1) is 21.7. The van der Waals surface area contributed by atoms with E-state index < -0.39 is 23.9 Å². The maximum absolute atomic E-state index is 12.6. The second-order valence-corrected chi connectivity index (χ2v) is 7.36. The normalized spacial score (nSPS) is 11.5. The second kappa shape index (κ2) is 9.07. The van der Waals surface area contributed by atoms with Gasteiger partial charge in [-0.2, -0.15) is 0 Å². The number of aryl methyl sites for hydroxylation is 1. The zero-order valence-electron chi connectivity index (χ0n) is 16.0. The first-order chi connectivity index (χ1) is 13.2. The average molecular weight is 426 g/mol. The van der Waals surface area contributed by atoms with E-state index in [-0.39, 0.29) is 15.4 Å². The number of carbonyl (C=O) groups is 3. The number of thiophene rings is 1. The summed E-state index contributed by atoms with van der Waals surface area (Å²) >= 11 is 6.86. The molecule has 0 saturated carbocycles. The van der Waals surface area contributed by atoms with Gasteiger partial charge >= 0.3 is 11.9 Å². The highest BCUT2D eigenvalue weighted by Gasteiger charge is 2.28. The Morgan fingerprint density at radius 1 is 1.11 bits per heavy atom. The van der Waals surface area contributed by atoms with Crippen LogP contribution in [0.5, 0.6) is 5.75 Å². The van der Waals surface area contributed by atoms with E-state index in [9.17, 15) is 14.4 Å². The topological polar surface area (TPSA) is 90.9 Å². The average Bonchev–Trinajstić information content (AvgIpc) is 2.98. The Labute approximate surface area is 171 Å². The molecule has 0 saturated heterocycles. The van der Waals surface area contributed by atoms with Crippen molar-refractivity contribution in [2.45, 2.75) is 26.9 Å². The van der Waals surface area contributed by atoms with Gasteiger partial charge in [0.1, 0.15) is 15.6 Å². The molecule has 2 aromatic rings. The summed E-state index contributed by atoms with van der Waals surface area (Å²) in [5.74, 6) is -1.24. The Bertz CT molecular complexity index is 923. The maximum Gasteiger partial charge on any atom is 0.348 e. The molecule has 150 valence electrons. The van der Waals surface area contributed by atoms with E-state index >= 15 is 0 Å². The molecule has 0 spiro atoms. The van der Waals surface area contributed by atoms with E-state index in [0.717, 1.165) is 16.9 Å². The van der Waals surface area contributed by atoms with Gasteiger partial charge in [0.15, 0.2) is 6.10 Å². The van der Waals surface area contributed by atoms with Gasteiger partial charge in [0.2, 0.25) is 0 Å². The molecular formula is C19H20ClNO6S. The van der Waals surface area contributed by atoms with Crippen LogP contribution >= 0.6 is 22.9 Å². The monoisotopic (exact) mass is 425 g/mol. The van der Waals surface area contributed by atoms with Crippen LogP contribution in [0.15, 0.2) is 18.2 Å². The van der Waals surface area contributed by atoms with Crippen molar-refractivity contribution in [1.29, 1.82) is 0 Å². The number of halogens is 1. The highest BCUT2D eigenvalue weighted by Crippen LogP contribution is 2.34. The van der Waals surface area contributed by atoms with Crippen LogP contribution in [0.1, 0.15) is 38.1 Å². The molecule has 1 aromatic heterocycles. The summed E-state index contributed by atoms with van der Waals surface area (Å²) in [6.45, 7) is 4.97. The van der Waals surface area contributed by atoms with E-state index in [0.29, 0.717) is 16.3 Å². The second-order valence-electron chi connectivity index (χ2n) is 5.90. The maximum atomic E-state index is 12.6. The van der Waals surface area contributed by atoms with Crippen molar-refractivity contribution in [1.82, 2.24) is 0 Å². The first-order valence-electron chi connectivity index (χ1n) is 8.23. The number of methoxy groups -OCH3 is 2. The Morgan fingerprint density at radius 3 is 2.32 bits per heavy atom. The number of anilines is 1. The van der Waals surface area contributed by atoms with Crippen LogP contribution in [0.3, 0.4) is 0 Å². The fourth-order valence-electron chi connectivity index (χ4n) is 2.44. The number of esters is 2. The molecule has 0 aliphatic rings. The minimum absolute atomic E-state index is 0.108. The molecule has 1 N–H and O–H groups in total. The summed E-state index contributed by atoms with van der Waals surface area (Å²) in [6, 6.07) is 5.06. The third-order valence-corrected chi connectivity index (χ3v) is 5.38. The number of ether oxygens (including phenoxy) is 3. The number of nitrogens with one attached hydrogen (secondary N) is 1. The van der Waals surface area contributed by atoms with Crippen molar-refractivity contribution in [3.05, 3.63) is 44.8 Å². The van der Waals surface area contributed by atoms with Crippen LogP contribution < -0.4 is 10.1 Å². The zero-order chi connectivity index (χ0) is 21.0. The number of hydrogen-bond acceptors (Lipinski definition) is 7. The fraction of sp³-hybridized carbons (Fsp3) is 0.316. The van der Waals surface area contributed by atoms with Crippen LogP contribution in [0.25, 0.3) is 0 Å². The van der Waals surface area contributed by atoms with E-state index in [1.807, 2.05) is 6.92 Å². The largest absolute Gasteiger partial charge is 0.481 e.